The second-order valence-electron chi connectivity index (χ2n) is 2.65. The maximum Gasteiger partial charge on any atom is 0.353 e. The summed E-state index contributed by atoms with van der Waals surface area (Å²) in [7, 11) is 0. The Bertz CT molecular complexity index is 208. The zero-order valence-corrected chi connectivity index (χ0v) is 9.84. The van der Waals surface area contributed by atoms with Crippen LogP contribution >= 0.6 is 0 Å². The highest BCUT2D eigenvalue weighted by Gasteiger charge is 2.29. The van der Waals surface area contributed by atoms with Gasteiger partial charge in [0.15, 0.2) is 0 Å². The van der Waals surface area contributed by atoms with Crippen molar-refractivity contribution in [2.24, 2.45) is 0 Å². The molecule has 0 aromatic carbocycles. The molecule has 0 radical (unpaired) electrons. The Morgan fingerprint density at radius 1 is 1.07 bits per heavy atom. The Morgan fingerprint density at radius 2 is 1.53 bits per heavy atom. The van der Waals surface area contributed by atoms with Gasteiger partial charge in [0.1, 0.15) is 0 Å². The maximum absolute atomic E-state index is 5.40. The minimum absolute atomic E-state index is 0.489. The van der Waals surface area contributed by atoms with Crippen LogP contribution in [0.2, 0.25) is 0 Å². The van der Waals surface area contributed by atoms with Crippen LogP contribution in [0.25, 0.3) is 0 Å². The van der Waals surface area contributed by atoms with Crippen LogP contribution in [0, 0.1) is 11.8 Å². The third kappa shape index (κ3) is 5.58. The van der Waals surface area contributed by atoms with Crippen molar-refractivity contribution in [3.05, 3.63) is 12.7 Å². The summed E-state index contributed by atoms with van der Waals surface area (Å²) < 4.78 is 16.2. The molecule has 0 aliphatic rings. The van der Waals surface area contributed by atoms with Gasteiger partial charge in [0.2, 0.25) is 0 Å². The normalized spacial score (nSPS) is 10.6. The molecule has 0 heterocycles. The molecule has 3 heteroatoms. The van der Waals surface area contributed by atoms with Crippen molar-refractivity contribution in [2.45, 2.75) is 33.2 Å². The molecule has 0 rings (SSSR count). The Morgan fingerprint density at radius 3 is 1.87 bits per heavy atom. The summed E-state index contributed by atoms with van der Waals surface area (Å²) >= 11 is 0. The highest BCUT2D eigenvalue weighted by molar-refractivity contribution is 5.09. The Hall–Kier alpha value is -0.820. The number of rotatable bonds is 7. The predicted octanol–water partition coefficient (Wildman–Crippen LogP) is 2.33. The second-order valence-corrected chi connectivity index (χ2v) is 2.65. The van der Waals surface area contributed by atoms with Gasteiger partial charge in [-0.3, -0.25) is 0 Å². The van der Waals surface area contributed by atoms with Crippen molar-refractivity contribution in [2.75, 3.05) is 19.8 Å². The van der Waals surface area contributed by atoms with Gasteiger partial charge in [-0.05, 0) is 26.7 Å². The van der Waals surface area contributed by atoms with Gasteiger partial charge in [-0.25, -0.2) is 0 Å². The maximum atomic E-state index is 5.40. The smallest absolute Gasteiger partial charge is 0.317 e. The average Bonchev–Trinajstić information content (AvgIpc) is 2.19. The largest absolute Gasteiger partial charge is 0.353 e. The number of hydrogen-bond donors (Lipinski definition) is 0. The SMILES string of the molecule is C=CCC#CC(OCC)(OCC)OCC. The van der Waals surface area contributed by atoms with Gasteiger partial charge < -0.3 is 14.2 Å². The third-order valence-corrected chi connectivity index (χ3v) is 1.49. The standard InChI is InChI=1S/C12H20O3/c1-5-9-10-11-12(13-6-2,14-7-3)15-8-4/h5H,1,6-9H2,2-4H3. The van der Waals surface area contributed by atoms with Crippen molar-refractivity contribution in [1.82, 2.24) is 0 Å². The van der Waals surface area contributed by atoms with E-state index in [2.05, 4.69) is 18.4 Å². The molecular weight excluding hydrogens is 192 g/mol. The first-order valence-corrected chi connectivity index (χ1v) is 5.27. The molecule has 0 amide bonds. The topological polar surface area (TPSA) is 27.7 Å². The summed E-state index contributed by atoms with van der Waals surface area (Å²) in [5.41, 5.74) is 0. The summed E-state index contributed by atoms with van der Waals surface area (Å²) in [5, 5.41) is 0. The molecule has 0 aliphatic carbocycles. The molecule has 0 aromatic rings. The van der Waals surface area contributed by atoms with Crippen LogP contribution in [0.4, 0.5) is 0 Å². The second kappa shape index (κ2) is 8.49. The highest BCUT2D eigenvalue weighted by Crippen LogP contribution is 2.14. The van der Waals surface area contributed by atoms with Crippen LogP contribution in [-0.2, 0) is 14.2 Å². The van der Waals surface area contributed by atoms with Gasteiger partial charge in [0.05, 0.1) is 19.8 Å². The number of ether oxygens (including phenoxy) is 3. The molecule has 0 fully saturated rings. The van der Waals surface area contributed by atoms with E-state index in [1.807, 2.05) is 20.8 Å². The molecule has 15 heavy (non-hydrogen) atoms. The van der Waals surface area contributed by atoms with Crippen LogP contribution in [0.3, 0.4) is 0 Å². The van der Waals surface area contributed by atoms with Crippen LogP contribution in [0.1, 0.15) is 27.2 Å². The van der Waals surface area contributed by atoms with E-state index in [-0.39, 0.29) is 0 Å². The molecule has 0 atom stereocenters. The van der Waals surface area contributed by atoms with Crippen molar-refractivity contribution in [1.29, 1.82) is 0 Å². The van der Waals surface area contributed by atoms with Crippen LogP contribution in [0.15, 0.2) is 12.7 Å². The van der Waals surface area contributed by atoms with Crippen LogP contribution in [0.5, 0.6) is 0 Å². The van der Waals surface area contributed by atoms with Gasteiger partial charge in [0.25, 0.3) is 0 Å². The fraction of sp³-hybridized carbons (Fsp3) is 0.667. The summed E-state index contributed by atoms with van der Waals surface area (Å²) in [6, 6.07) is 0. The molecule has 3 nitrogen and oxygen atoms in total. The molecule has 0 aromatic heterocycles. The van der Waals surface area contributed by atoms with E-state index in [1.165, 1.54) is 0 Å². The van der Waals surface area contributed by atoms with Crippen molar-refractivity contribution in [3.8, 4) is 11.8 Å². The minimum Gasteiger partial charge on any atom is -0.317 e. The van der Waals surface area contributed by atoms with E-state index in [0.717, 1.165) is 0 Å². The summed E-state index contributed by atoms with van der Waals surface area (Å²) in [5.74, 6) is 4.53. The molecule has 86 valence electrons. The molecular formula is C12H20O3. The Balaban J connectivity index is 4.61. The monoisotopic (exact) mass is 212 g/mol. The molecule has 0 saturated carbocycles. The molecule has 0 unspecified atom stereocenters. The van der Waals surface area contributed by atoms with Crippen LogP contribution in [-0.4, -0.2) is 25.8 Å². The zero-order chi connectivity index (χ0) is 11.6. The first kappa shape index (κ1) is 14.2. The van der Waals surface area contributed by atoms with Crippen molar-refractivity contribution in [3.63, 3.8) is 0 Å². The summed E-state index contributed by atoms with van der Waals surface area (Å²) in [4.78, 5) is 0. The molecule has 0 N–H and O–H groups in total. The van der Waals surface area contributed by atoms with E-state index in [9.17, 15) is 0 Å². The molecule has 0 spiro atoms. The molecule has 0 saturated heterocycles. The van der Waals surface area contributed by atoms with Crippen LogP contribution < -0.4 is 0 Å². The highest BCUT2D eigenvalue weighted by atomic mass is 16.9. The lowest BCUT2D eigenvalue weighted by Crippen LogP contribution is -2.38. The average molecular weight is 212 g/mol. The lowest BCUT2D eigenvalue weighted by Gasteiger charge is -2.26. The molecule has 0 aliphatic heterocycles. The van der Waals surface area contributed by atoms with Gasteiger partial charge >= 0.3 is 5.97 Å². The first-order chi connectivity index (χ1) is 7.24. The lowest BCUT2D eigenvalue weighted by molar-refractivity contribution is -0.339. The Kier molecular flexibility index (Phi) is 8.02. The zero-order valence-electron chi connectivity index (χ0n) is 9.84. The summed E-state index contributed by atoms with van der Waals surface area (Å²) in [6.07, 6.45) is 2.32. The van der Waals surface area contributed by atoms with E-state index >= 15 is 0 Å². The van der Waals surface area contributed by atoms with Gasteiger partial charge in [0, 0.05) is 6.42 Å². The lowest BCUT2D eigenvalue weighted by atomic mass is 10.4. The number of hydrogen-bond acceptors (Lipinski definition) is 3. The first-order valence-electron chi connectivity index (χ1n) is 5.27. The van der Waals surface area contributed by atoms with Gasteiger partial charge in [-0.15, -0.1) is 6.58 Å². The fourth-order valence-corrected chi connectivity index (χ4v) is 1.03. The fourth-order valence-electron chi connectivity index (χ4n) is 1.03. The quantitative estimate of drug-likeness (QED) is 0.368. The summed E-state index contributed by atoms with van der Waals surface area (Å²) in [6.45, 7) is 10.7. The third-order valence-electron chi connectivity index (χ3n) is 1.49. The molecule has 0 bridgehead atoms. The number of allylic oxidation sites excluding steroid dienone is 1. The predicted molar refractivity (Wildman–Crippen MR) is 60.2 cm³/mol. The van der Waals surface area contributed by atoms with Gasteiger partial charge in [-0.1, -0.05) is 12.0 Å². The van der Waals surface area contributed by atoms with E-state index in [0.29, 0.717) is 26.2 Å². The van der Waals surface area contributed by atoms with Crippen molar-refractivity contribution >= 4 is 0 Å². The Labute approximate surface area is 92.4 Å². The van der Waals surface area contributed by atoms with E-state index in [1.54, 1.807) is 6.08 Å². The van der Waals surface area contributed by atoms with Crippen molar-refractivity contribution < 1.29 is 14.2 Å². The minimum atomic E-state index is -1.21. The van der Waals surface area contributed by atoms with E-state index in [4.69, 9.17) is 14.2 Å². The van der Waals surface area contributed by atoms with Gasteiger partial charge in [-0.2, -0.15) is 0 Å². The van der Waals surface area contributed by atoms with E-state index < -0.39 is 5.97 Å².